The van der Waals surface area contributed by atoms with E-state index in [1.54, 1.807) is 4.90 Å². The Bertz CT molecular complexity index is 1340. The maximum atomic E-state index is 15.5. The Hall–Kier alpha value is -4.01. The summed E-state index contributed by atoms with van der Waals surface area (Å²) in [5.74, 6) is -1.82. The van der Waals surface area contributed by atoms with Gasteiger partial charge in [-0.15, -0.1) is 0 Å². The molecule has 0 aliphatic carbocycles. The number of anilines is 2. The van der Waals surface area contributed by atoms with E-state index in [1.807, 2.05) is 41.3 Å². The predicted molar refractivity (Wildman–Crippen MR) is 153 cm³/mol. The summed E-state index contributed by atoms with van der Waals surface area (Å²) in [6.45, 7) is 4.44. The molecule has 5 rings (SSSR count). The monoisotopic (exact) mass is 545 g/mol. The molecule has 1 unspecified atom stereocenters. The molecule has 210 valence electrons. The van der Waals surface area contributed by atoms with Crippen molar-refractivity contribution < 1.29 is 19.1 Å². The van der Waals surface area contributed by atoms with E-state index in [4.69, 9.17) is 0 Å². The van der Waals surface area contributed by atoms with Gasteiger partial charge in [-0.2, -0.15) is 4.39 Å². The second kappa shape index (κ2) is 12.4. The molecule has 9 heteroatoms. The number of nitrogens with zero attached hydrogens (tertiary/aromatic N) is 4. The number of benzene rings is 2. The molecule has 2 aliphatic rings. The standard InChI is InChI=1S/C31H36FN5O3/c1-21-8-3-4-10-25(21)23-13-11-22(12-14-23)18-26(31(39)40)35-30(38)24-9-7-17-37(19-24)29-27(32)28(33-20-34-29)36-15-5-2-6-16-36/h3-4,8,10-14,20,24,26H,2,5-7,9,15-19H2,1H3,(H,35,38)(H,39,40)/t24?,26-/m0/s1. The summed E-state index contributed by atoms with van der Waals surface area (Å²) < 4.78 is 15.5. The highest BCUT2D eigenvalue weighted by Crippen LogP contribution is 2.30. The SMILES string of the molecule is Cc1ccccc1-c1ccc(C[C@H](NC(=O)C2CCCN(c3ncnc(N4CCCCC4)c3F)C2)C(=O)O)cc1. The van der Waals surface area contributed by atoms with E-state index in [2.05, 4.69) is 34.3 Å². The molecule has 2 fully saturated rings. The zero-order chi connectivity index (χ0) is 28.1. The summed E-state index contributed by atoms with van der Waals surface area (Å²) in [6, 6.07) is 14.8. The fourth-order valence-electron chi connectivity index (χ4n) is 5.72. The Labute approximate surface area is 234 Å². The van der Waals surface area contributed by atoms with Gasteiger partial charge in [0.1, 0.15) is 12.4 Å². The lowest BCUT2D eigenvalue weighted by Gasteiger charge is -2.34. The molecule has 0 spiro atoms. The summed E-state index contributed by atoms with van der Waals surface area (Å²) in [4.78, 5) is 37.5. The highest BCUT2D eigenvalue weighted by molar-refractivity contribution is 5.85. The van der Waals surface area contributed by atoms with Crippen molar-refractivity contribution in [3.8, 4) is 11.1 Å². The van der Waals surface area contributed by atoms with Gasteiger partial charge in [0.2, 0.25) is 11.7 Å². The number of nitrogens with one attached hydrogen (secondary N) is 1. The molecule has 2 atom stereocenters. The molecule has 2 aromatic carbocycles. The molecular weight excluding hydrogens is 509 g/mol. The highest BCUT2D eigenvalue weighted by Gasteiger charge is 2.32. The fourth-order valence-corrected chi connectivity index (χ4v) is 5.72. The van der Waals surface area contributed by atoms with E-state index < -0.39 is 23.7 Å². The van der Waals surface area contributed by atoms with Gasteiger partial charge in [-0.3, -0.25) is 4.79 Å². The Morgan fingerprint density at radius 1 is 0.975 bits per heavy atom. The maximum absolute atomic E-state index is 15.5. The van der Waals surface area contributed by atoms with Gasteiger partial charge in [-0.1, -0.05) is 48.5 Å². The Kier molecular flexibility index (Phi) is 8.57. The smallest absolute Gasteiger partial charge is 0.326 e. The molecule has 1 amide bonds. The van der Waals surface area contributed by atoms with Crippen molar-refractivity contribution in [2.75, 3.05) is 36.0 Å². The lowest BCUT2D eigenvalue weighted by Crippen LogP contribution is -2.49. The first-order valence-electron chi connectivity index (χ1n) is 14.1. The van der Waals surface area contributed by atoms with E-state index in [9.17, 15) is 14.7 Å². The van der Waals surface area contributed by atoms with Crippen molar-refractivity contribution in [2.24, 2.45) is 5.92 Å². The third kappa shape index (κ3) is 6.24. The molecule has 8 nitrogen and oxygen atoms in total. The van der Waals surface area contributed by atoms with Crippen LogP contribution in [0, 0.1) is 18.7 Å². The number of piperidine rings is 2. The van der Waals surface area contributed by atoms with Crippen molar-refractivity contribution >= 4 is 23.5 Å². The Balaban J connectivity index is 1.24. The van der Waals surface area contributed by atoms with Gasteiger partial charge in [0.15, 0.2) is 11.6 Å². The number of aliphatic carboxylic acids is 1. The Morgan fingerprint density at radius 2 is 1.65 bits per heavy atom. The summed E-state index contributed by atoms with van der Waals surface area (Å²) in [7, 11) is 0. The maximum Gasteiger partial charge on any atom is 0.326 e. The number of carboxylic acids is 1. The van der Waals surface area contributed by atoms with Crippen molar-refractivity contribution in [1.29, 1.82) is 0 Å². The minimum Gasteiger partial charge on any atom is -0.480 e. The lowest BCUT2D eigenvalue weighted by molar-refractivity contribution is -0.142. The topological polar surface area (TPSA) is 98.7 Å². The molecule has 2 saturated heterocycles. The van der Waals surface area contributed by atoms with E-state index in [1.165, 1.54) is 6.33 Å². The molecule has 40 heavy (non-hydrogen) atoms. The highest BCUT2D eigenvalue weighted by atomic mass is 19.1. The van der Waals surface area contributed by atoms with E-state index >= 15 is 4.39 Å². The van der Waals surface area contributed by atoms with Gasteiger partial charge in [-0.25, -0.2) is 14.8 Å². The van der Waals surface area contributed by atoms with Crippen molar-refractivity contribution in [1.82, 2.24) is 15.3 Å². The van der Waals surface area contributed by atoms with Crippen LogP contribution >= 0.6 is 0 Å². The molecule has 0 saturated carbocycles. The molecule has 1 aromatic heterocycles. The van der Waals surface area contributed by atoms with Gasteiger partial charge in [0, 0.05) is 32.6 Å². The minimum atomic E-state index is -1.09. The first-order chi connectivity index (χ1) is 19.4. The number of hydrogen-bond donors (Lipinski definition) is 2. The Morgan fingerprint density at radius 3 is 2.35 bits per heavy atom. The zero-order valence-electron chi connectivity index (χ0n) is 22.9. The van der Waals surface area contributed by atoms with Crippen LogP contribution in [0.5, 0.6) is 0 Å². The van der Waals surface area contributed by atoms with E-state index in [-0.39, 0.29) is 24.7 Å². The number of halogens is 1. The first-order valence-corrected chi connectivity index (χ1v) is 14.1. The van der Waals surface area contributed by atoms with Crippen LogP contribution in [-0.2, 0) is 16.0 Å². The zero-order valence-corrected chi connectivity index (χ0v) is 22.9. The summed E-state index contributed by atoms with van der Waals surface area (Å²) in [6.07, 6.45) is 5.99. The van der Waals surface area contributed by atoms with Crippen LogP contribution in [0.4, 0.5) is 16.0 Å². The molecule has 0 bridgehead atoms. The van der Waals surface area contributed by atoms with Crippen LogP contribution < -0.4 is 15.1 Å². The summed E-state index contributed by atoms with van der Waals surface area (Å²) in [5, 5.41) is 12.6. The predicted octanol–water partition coefficient (Wildman–Crippen LogP) is 4.61. The summed E-state index contributed by atoms with van der Waals surface area (Å²) in [5.41, 5.74) is 4.17. The van der Waals surface area contributed by atoms with Gasteiger partial charge < -0.3 is 20.2 Å². The second-order valence-corrected chi connectivity index (χ2v) is 10.8. The molecule has 0 radical (unpaired) electrons. The van der Waals surface area contributed by atoms with Crippen molar-refractivity contribution in [2.45, 2.75) is 51.5 Å². The average molecular weight is 546 g/mol. The van der Waals surface area contributed by atoms with Crippen LogP contribution in [0.25, 0.3) is 11.1 Å². The second-order valence-electron chi connectivity index (χ2n) is 10.8. The van der Waals surface area contributed by atoms with Gasteiger partial charge in [0.25, 0.3) is 0 Å². The number of rotatable bonds is 8. The van der Waals surface area contributed by atoms with E-state index in [0.717, 1.165) is 54.6 Å². The molecule has 3 heterocycles. The lowest BCUT2D eigenvalue weighted by atomic mass is 9.95. The molecule has 2 N–H and O–H groups in total. The van der Waals surface area contributed by atoms with Gasteiger partial charge in [-0.05, 0) is 61.3 Å². The molecular formula is C31H36FN5O3. The van der Waals surface area contributed by atoms with Crippen LogP contribution in [0.3, 0.4) is 0 Å². The van der Waals surface area contributed by atoms with Crippen LogP contribution in [0.2, 0.25) is 0 Å². The number of carbonyl (C=O) groups excluding carboxylic acids is 1. The van der Waals surface area contributed by atoms with Gasteiger partial charge >= 0.3 is 5.97 Å². The summed E-state index contributed by atoms with van der Waals surface area (Å²) >= 11 is 0. The number of amides is 1. The van der Waals surface area contributed by atoms with Crippen molar-refractivity contribution in [3.63, 3.8) is 0 Å². The average Bonchev–Trinajstić information content (AvgIpc) is 2.98. The number of carboxylic acid groups (broad SMARTS) is 1. The normalized spacial score (nSPS) is 18.3. The fraction of sp³-hybridized carbons (Fsp3) is 0.419. The minimum absolute atomic E-state index is 0.172. The van der Waals surface area contributed by atoms with Crippen LogP contribution in [-0.4, -0.2) is 59.2 Å². The van der Waals surface area contributed by atoms with Gasteiger partial charge in [0.05, 0.1) is 5.92 Å². The first kappa shape index (κ1) is 27.6. The number of hydrogen-bond acceptors (Lipinski definition) is 6. The number of aryl methyl sites for hydroxylation is 1. The molecule has 2 aliphatic heterocycles. The van der Waals surface area contributed by atoms with Crippen LogP contribution in [0.15, 0.2) is 54.9 Å². The van der Waals surface area contributed by atoms with Crippen LogP contribution in [0.1, 0.15) is 43.2 Å². The third-order valence-corrected chi connectivity index (χ3v) is 7.96. The largest absolute Gasteiger partial charge is 0.480 e. The molecule has 3 aromatic rings. The quantitative estimate of drug-likeness (QED) is 0.427. The van der Waals surface area contributed by atoms with E-state index in [0.29, 0.717) is 25.2 Å². The van der Waals surface area contributed by atoms with Crippen molar-refractivity contribution in [3.05, 3.63) is 71.8 Å². The number of carbonyl (C=O) groups is 2. The number of aromatic nitrogens is 2. The third-order valence-electron chi connectivity index (χ3n) is 7.96.